The molecule has 1 aliphatic carbocycles. The summed E-state index contributed by atoms with van der Waals surface area (Å²) >= 11 is 0. The first-order valence-electron chi connectivity index (χ1n) is 11.7. The van der Waals surface area contributed by atoms with Gasteiger partial charge >= 0.3 is 0 Å². The maximum atomic E-state index is 14.5. The van der Waals surface area contributed by atoms with Crippen LogP contribution >= 0.6 is 7.14 Å². The van der Waals surface area contributed by atoms with Crippen LogP contribution in [0.4, 0.5) is 0 Å². The standard InChI is InChI=1S/C29H35OPSi/c1-29(2,3)32(4,5)28-22-23(26-18-12-13-19-27(26)28)20-21-31(30,24-14-8-6-9-15-24)25-16-10-7-11-17-25/h6-19,22-23H,20-21H2,1-5H3. The van der Waals surface area contributed by atoms with E-state index in [4.69, 9.17) is 0 Å². The van der Waals surface area contributed by atoms with Gasteiger partial charge in [-0.2, -0.15) is 0 Å². The smallest absolute Gasteiger partial charge is 0.143 e. The lowest BCUT2D eigenvalue weighted by Crippen LogP contribution is -2.38. The van der Waals surface area contributed by atoms with E-state index in [1.807, 2.05) is 60.7 Å². The van der Waals surface area contributed by atoms with E-state index in [0.717, 1.165) is 17.0 Å². The van der Waals surface area contributed by atoms with Crippen molar-refractivity contribution in [3.63, 3.8) is 0 Å². The minimum atomic E-state index is -2.70. The minimum Gasteiger partial charge on any atom is -0.314 e. The Kier molecular flexibility index (Phi) is 6.22. The number of benzene rings is 3. The molecule has 0 amide bonds. The van der Waals surface area contributed by atoms with E-state index < -0.39 is 15.2 Å². The molecule has 0 bridgehead atoms. The van der Waals surface area contributed by atoms with Gasteiger partial charge in [0.05, 0.1) is 8.07 Å². The van der Waals surface area contributed by atoms with Crippen LogP contribution in [-0.2, 0) is 4.57 Å². The van der Waals surface area contributed by atoms with E-state index in [2.05, 4.69) is 64.2 Å². The first kappa shape index (κ1) is 23.0. The van der Waals surface area contributed by atoms with Crippen LogP contribution in [0.3, 0.4) is 0 Å². The van der Waals surface area contributed by atoms with Crippen LogP contribution < -0.4 is 10.6 Å². The molecule has 3 aromatic rings. The molecule has 0 aromatic heterocycles. The lowest BCUT2D eigenvalue weighted by molar-refractivity contribution is 0.584. The third kappa shape index (κ3) is 4.11. The molecule has 4 rings (SSSR count). The van der Waals surface area contributed by atoms with Crippen LogP contribution in [0.5, 0.6) is 0 Å². The summed E-state index contributed by atoms with van der Waals surface area (Å²) in [5, 5.41) is 3.78. The van der Waals surface area contributed by atoms with Gasteiger partial charge in [-0.05, 0) is 22.6 Å². The van der Waals surface area contributed by atoms with E-state index in [9.17, 15) is 4.57 Å². The van der Waals surface area contributed by atoms with Gasteiger partial charge in [0.1, 0.15) is 7.14 Å². The van der Waals surface area contributed by atoms with Crippen molar-refractivity contribution in [2.75, 3.05) is 6.16 Å². The molecule has 166 valence electrons. The maximum Gasteiger partial charge on any atom is 0.143 e. The molecule has 3 aromatic carbocycles. The van der Waals surface area contributed by atoms with Crippen molar-refractivity contribution in [2.24, 2.45) is 0 Å². The van der Waals surface area contributed by atoms with Crippen molar-refractivity contribution in [3.05, 3.63) is 102 Å². The van der Waals surface area contributed by atoms with Crippen molar-refractivity contribution in [1.29, 1.82) is 0 Å². The van der Waals surface area contributed by atoms with Gasteiger partial charge in [0, 0.05) is 22.7 Å². The summed E-state index contributed by atoms with van der Waals surface area (Å²) in [6, 6.07) is 29.1. The Morgan fingerprint density at radius 1 is 0.781 bits per heavy atom. The Morgan fingerprint density at radius 2 is 1.28 bits per heavy atom. The van der Waals surface area contributed by atoms with E-state index in [1.54, 1.807) is 5.20 Å². The number of rotatable bonds is 6. The molecule has 1 atom stereocenters. The second kappa shape index (κ2) is 8.65. The van der Waals surface area contributed by atoms with Crippen molar-refractivity contribution in [1.82, 2.24) is 0 Å². The molecule has 0 spiro atoms. The van der Waals surface area contributed by atoms with Gasteiger partial charge in [-0.1, -0.05) is 130 Å². The van der Waals surface area contributed by atoms with E-state index in [-0.39, 0.29) is 5.04 Å². The van der Waals surface area contributed by atoms with Gasteiger partial charge in [-0.25, -0.2) is 0 Å². The number of hydrogen-bond donors (Lipinski definition) is 0. The highest BCUT2D eigenvalue weighted by atomic mass is 31.2. The van der Waals surface area contributed by atoms with Crippen molar-refractivity contribution >= 4 is 31.0 Å². The minimum absolute atomic E-state index is 0.282. The molecule has 32 heavy (non-hydrogen) atoms. The SMILES string of the molecule is CC(C)(C)[Si](C)(C)C1=CC(CCP(=O)(c2ccccc2)c2ccccc2)c2ccccc21. The maximum absolute atomic E-state index is 14.5. The summed E-state index contributed by atoms with van der Waals surface area (Å²) in [4.78, 5) is 0. The van der Waals surface area contributed by atoms with Crippen molar-refractivity contribution < 1.29 is 4.57 Å². The molecule has 0 saturated heterocycles. The summed E-state index contributed by atoms with van der Waals surface area (Å²) in [7, 11) is -4.37. The van der Waals surface area contributed by atoms with Gasteiger partial charge in [0.15, 0.2) is 0 Å². The molecule has 0 fully saturated rings. The average molecular weight is 459 g/mol. The van der Waals surface area contributed by atoms with Gasteiger partial charge in [0.2, 0.25) is 0 Å². The van der Waals surface area contributed by atoms with Gasteiger partial charge in [0.25, 0.3) is 0 Å². The van der Waals surface area contributed by atoms with Crippen LogP contribution in [0.2, 0.25) is 18.1 Å². The molecule has 1 nitrogen and oxygen atoms in total. The Labute approximate surface area is 195 Å². The predicted octanol–water partition coefficient (Wildman–Crippen LogP) is 7.62. The Balaban J connectivity index is 1.71. The molecule has 0 saturated carbocycles. The Hall–Kier alpha value is -2.15. The first-order chi connectivity index (χ1) is 15.1. The van der Waals surface area contributed by atoms with Crippen LogP contribution in [-0.4, -0.2) is 14.2 Å². The highest BCUT2D eigenvalue weighted by Crippen LogP contribution is 2.52. The van der Waals surface area contributed by atoms with Gasteiger partial charge in [-0.3, -0.25) is 0 Å². The largest absolute Gasteiger partial charge is 0.314 e. The summed E-state index contributed by atoms with van der Waals surface area (Å²) in [6.07, 6.45) is 4.11. The third-order valence-corrected chi connectivity index (χ3v) is 16.4. The molecule has 1 unspecified atom stereocenters. The number of hydrogen-bond acceptors (Lipinski definition) is 1. The van der Waals surface area contributed by atoms with Gasteiger partial charge < -0.3 is 4.57 Å². The normalized spacial score (nSPS) is 16.5. The highest BCUT2D eigenvalue weighted by molar-refractivity contribution is 7.78. The lowest BCUT2D eigenvalue weighted by Gasteiger charge is -2.38. The van der Waals surface area contributed by atoms with E-state index in [1.165, 1.54) is 11.1 Å². The Bertz CT molecular complexity index is 1110. The van der Waals surface area contributed by atoms with Crippen LogP contribution in [0, 0.1) is 0 Å². The van der Waals surface area contributed by atoms with Crippen LogP contribution in [0.15, 0.2) is 91.0 Å². The molecule has 1 aliphatic rings. The average Bonchev–Trinajstić information content (AvgIpc) is 3.17. The first-order valence-corrected chi connectivity index (χ1v) is 16.6. The Morgan fingerprint density at radius 3 is 1.81 bits per heavy atom. The van der Waals surface area contributed by atoms with Crippen LogP contribution in [0.1, 0.15) is 44.2 Å². The second-order valence-corrected chi connectivity index (χ2v) is 18.8. The second-order valence-electron chi connectivity index (χ2n) is 10.6. The van der Waals surface area contributed by atoms with Crippen LogP contribution in [0.25, 0.3) is 5.20 Å². The predicted molar refractivity (Wildman–Crippen MR) is 144 cm³/mol. The fourth-order valence-corrected chi connectivity index (χ4v) is 9.79. The zero-order chi connectivity index (χ0) is 23.0. The zero-order valence-electron chi connectivity index (χ0n) is 20.0. The van der Waals surface area contributed by atoms with Crippen molar-refractivity contribution in [2.45, 2.75) is 51.2 Å². The molecule has 0 aliphatic heterocycles. The van der Waals surface area contributed by atoms with Crippen molar-refractivity contribution in [3.8, 4) is 0 Å². The zero-order valence-corrected chi connectivity index (χ0v) is 21.9. The lowest BCUT2D eigenvalue weighted by atomic mass is 9.99. The topological polar surface area (TPSA) is 17.1 Å². The molecule has 0 heterocycles. The number of fused-ring (bicyclic) bond motifs is 1. The van der Waals surface area contributed by atoms with E-state index in [0.29, 0.717) is 12.1 Å². The molecular weight excluding hydrogens is 423 g/mol. The summed E-state index contributed by atoms with van der Waals surface area (Å²) in [5.41, 5.74) is 2.85. The number of allylic oxidation sites excluding steroid dienone is 1. The monoisotopic (exact) mass is 458 g/mol. The third-order valence-electron chi connectivity index (χ3n) is 7.67. The van der Waals surface area contributed by atoms with Gasteiger partial charge in [-0.15, -0.1) is 0 Å². The molecule has 0 N–H and O–H groups in total. The quantitative estimate of drug-likeness (QED) is 0.274. The fourth-order valence-electron chi connectivity index (χ4n) is 4.70. The molecule has 3 heteroatoms. The summed E-state index contributed by atoms with van der Waals surface area (Å²) in [6.45, 7) is 12.1. The summed E-state index contributed by atoms with van der Waals surface area (Å²) < 4.78 is 14.5. The summed E-state index contributed by atoms with van der Waals surface area (Å²) in [5.74, 6) is 0.330. The molecular formula is C29H35OPSi. The van der Waals surface area contributed by atoms with E-state index >= 15 is 0 Å². The highest BCUT2D eigenvalue weighted by Gasteiger charge is 2.42. The molecule has 0 radical (unpaired) electrons. The fraction of sp³-hybridized carbons (Fsp3) is 0.310.